The lowest BCUT2D eigenvalue weighted by atomic mass is 9.89. The average molecular weight is 728 g/mol. The first-order valence-electron chi connectivity index (χ1n) is 19.9. The molecular formula is C56H41N. The van der Waals surface area contributed by atoms with Crippen LogP contribution in [0.2, 0.25) is 0 Å². The summed E-state index contributed by atoms with van der Waals surface area (Å²) in [6.07, 6.45) is 9.11. The summed E-state index contributed by atoms with van der Waals surface area (Å²) in [4.78, 5) is 2.37. The Morgan fingerprint density at radius 3 is 1.49 bits per heavy atom. The minimum atomic E-state index is 1.09. The maximum atomic E-state index is 2.37. The molecule has 9 aromatic carbocycles. The Balaban J connectivity index is 1.00. The minimum absolute atomic E-state index is 1.09. The summed E-state index contributed by atoms with van der Waals surface area (Å²) in [6, 6.07) is 75.2. The predicted octanol–water partition coefficient (Wildman–Crippen LogP) is 15.9. The van der Waals surface area contributed by atoms with Crippen LogP contribution in [-0.2, 0) is 0 Å². The molecule has 0 N–H and O–H groups in total. The fraction of sp³-hybridized carbons (Fsp3) is 0.0357. The third-order valence-corrected chi connectivity index (χ3v) is 11.3. The monoisotopic (exact) mass is 727 g/mol. The van der Waals surface area contributed by atoms with E-state index in [0.717, 1.165) is 29.9 Å². The van der Waals surface area contributed by atoms with Gasteiger partial charge in [-0.25, -0.2) is 0 Å². The van der Waals surface area contributed by atoms with E-state index >= 15 is 0 Å². The molecule has 0 fully saturated rings. The van der Waals surface area contributed by atoms with Crippen LogP contribution in [0.3, 0.4) is 0 Å². The Hall–Kier alpha value is -7.22. The Bertz CT molecular complexity index is 2900. The van der Waals surface area contributed by atoms with Crippen molar-refractivity contribution in [2.45, 2.75) is 12.8 Å². The lowest BCUT2D eigenvalue weighted by Gasteiger charge is -2.26. The van der Waals surface area contributed by atoms with Gasteiger partial charge in [-0.2, -0.15) is 0 Å². The molecule has 270 valence electrons. The summed E-state index contributed by atoms with van der Waals surface area (Å²) in [5, 5.41) is 5.02. The van der Waals surface area contributed by atoms with Crippen LogP contribution in [0.1, 0.15) is 18.4 Å². The second-order valence-corrected chi connectivity index (χ2v) is 14.8. The molecule has 1 aliphatic rings. The van der Waals surface area contributed by atoms with Crippen molar-refractivity contribution in [2.75, 3.05) is 4.90 Å². The molecule has 9 aromatic rings. The van der Waals surface area contributed by atoms with Gasteiger partial charge in [-0.1, -0.05) is 182 Å². The highest BCUT2D eigenvalue weighted by molar-refractivity contribution is 6.08. The first kappa shape index (κ1) is 34.3. The number of anilines is 3. The molecule has 0 saturated carbocycles. The largest absolute Gasteiger partial charge is 0.310 e. The van der Waals surface area contributed by atoms with Gasteiger partial charge < -0.3 is 4.90 Å². The molecule has 0 amide bonds. The molecule has 0 atom stereocenters. The third kappa shape index (κ3) is 6.86. The van der Waals surface area contributed by atoms with Crippen LogP contribution in [0.25, 0.3) is 71.6 Å². The van der Waals surface area contributed by atoms with Crippen LogP contribution in [0.4, 0.5) is 17.1 Å². The van der Waals surface area contributed by atoms with Crippen LogP contribution >= 0.6 is 0 Å². The van der Waals surface area contributed by atoms with E-state index in [4.69, 9.17) is 0 Å². The van der Waals surface area contributed by atoms with Crippen molar-refractivity contribution in [3.63, 3.8) is 0 Å². The lowest BCUT2D eigenvalue weighted by Crippen LogP contribution is -2.09. The molecule has 0 bridgehead atoms. The fourth-order valence-electron chi connectivity index (χ4n) is 8.33. The summed E-state index contributed by atoms with van der Waals surface area (Å²) in [5.41, 5.74) is 15.6. The second kappa shape index (κ2) is 15.1. The Kier molecular flexibility index (Phi) is 9.10. The van der Waals surface area contributed by atoms with Crippen molar-refractivity contribution >= 4 is 44.2 Å². The molecular weight excluding hydrogens is 687 g/mol. The summed E-state index contributed by atoms with van der Waals surface area (Å²) in [5.74, 6) is 0. The quantitative estimate of drug-likeness (QED) is 0.141. The van der Waals surface area contributed by atoms with Crippen LogP contribution in [0.5, 0.6) is 0 Å². The van der Waals surface area contributed by atoms with Crippen molar-refractivity contribution in [3.8, 4) is 44.5 Å². The van der Waals surface area contributed by atoms with Crippen LogP contribution in [0.15, 0.2) is 224 Å². The normalized spacial score (nSPS) is 12.5. The van der Waals surface area contributed by atoms with Crippen LogP contribution < -0.4 is 4.90 Å². The molecule has 0 radical (unpaired) electrons. The molecule has 10 rings (SSSR count). The van der Waals surface area contributed by atoms with Gasteiger partial charge in [-0.05, 0) is 132 Å². The van der Waals surface area contributed by atoms with E-state index < -0.39 is 0 Å². The van der Waals surface area contributed by atoms with E-state index in [1.807, 2.05) is 0 Å². The Morgan fingerprint density at radius 1 is 0.316 bits per heavy atom. The molecule has 57 heavy (non-hydrogen) atoms. The topological polar surface area (TPSA) is 3.24 Å². The second-order valence-electron chi connectivity index (χ2n) is 14.8. The molecule has 0 saturated heterocycles. The molecule has 0 aromatic heterocycles. The molecule has 1 nitrogen and oxygen atoms in total. The first-order chi connectivity index (χ1) is 28.2. The first-order valence-corrected chi connectivity index (χ1v) is 19.9. The van der Waals surface area contributed by atoms with Crippen molar-refractivity contribution in [1.82, 2.24) is 0 Å². The van der Waals surface area contributed by atoms with Gasteiger partial charge >= 0.3 is 0 Å². The smallest absolute Gasteiger partial charge is 0.0468 e. The van der Waals surface area contributed by atoms with E-state index in [1.165, 1.54) is 77.2 Å². The van der Waals surface area contributed by atoms with Gasteiger partial charge in [0.15, 0.2) is 0 Å². The SMILES string of the molecule is C1=CC(c2ccc(-c3ccccc3)c(-c3ccc(-c4ccc(N(c5ccc(-c6ccccc6)cc5)c5ccc6c(ccc7ccccc76)c5)cc4)cc3)c2)=CCC1. The van der Waals surface area contributed by atoms with Gasteiger partial charge in [0.1, 0.15) is 0 Å². The van der Waals surface area contributed by atoms with Crippen molar-refractivity contribution < 1.29 is 0 Å². The standard InChI is InChI=1S/C56H41N/c1-4-12-40(13-5-1)43-26-31-50(32-27-43)57(52-35-37-55-49(38-52)25-24-46-18-10-11-19-53(46)55)51-33-28-44(29-34-51)42-20-22-47(23-21-42)56-39-48(41-14-6-2-7-15-41)30-36-54(56)45-16-8-3-9-17-45/h1,3-6,8-39H,2,7H2. The number of benzene rings is 9. The number of fused-ring (bicyclic) bond motifs is 3. The van der Waals surface area contributed by atoms with E-state index in [0.29, 0.717) is 0 Å². The fourth-order valence-corrected chi connectivity index (χ4v) is 8.33. The van der Waals surface area contributed by atoms with Gasteiger partial charge in [-0.15, -0.1) is 0 Å². The molecule has 1 heteroatoms. The van der Waals surface area contributed by atoms with Crippen molar-refractivity contribution in [3.05, 3.63) is 230 Å². The highest BCUT2D eigenvalue weighted by Crippen LogP contribution is 2.40. The number of hydrogen-bond acceptors (Lipinski definition) is 1. The van der Waals surface area contributed by atoms with Crippen LogP contribution in [0, 0.1) is 0 Å². The summed E-state index contributed by atoms with van der Waals surface area (Å²) in [6.45, 7) is 0. The predicted molar refractivity (Wildman–Crippen MR) is 244 cm³/mol. The van der Waals surface area contributed by atoms with E-state index in [-0.39, 0.29) is 0 Å². The molecule has 0 heterocycles. The van der Waals surface area contributed by atoms with E-state index in [1.54, 1.807) is 0 Å². The maximum Gasteiger partial charge on any atom is 0.0468 e. The summed E-state index contributed by atoms with van der Waals surface area (Å²) < 4.78 is 0. The van der Waals surface area contributed by atoms with Crippen LogP contribution in [-0.4, -0.2) is 0 Å². The zero-order valence-corrected chi connectivity index (χ0v) is 31.7. The highest BCUT2D eigenvalue weighted by Gasteiger charge is 2.16. The molecule has 0 spiro atoms. The lowest BCUT2D eigenvalue weighted by molar-refractivity contribution is 1.04. The van der Waals surface area contributed by atoms with Gasteiger partial charge in [-0.3, -0.25) is 0 Å². The zero-order chi connectivity index (χ0) is 38.0. The molecule has 0 unspecified atom stereocenters. The number of rotatable bonds is 8. The van der Waals surface area contributed by atoms with Crippen molar-refractivity contribution in [2.24, 2.45) is 0 Å². The summed E-state index contributed by atoms with van der Waals surface area (Å²) in [7, 11) is 0. The molecule has 0 aliphatic heterocycles. The van der Waals surface area contributed by atoms with E-state index in [2.05, 4.69) is 229 Å². The number of nitrogens with zero attached hydrogens (tertiary/aromatic N) is 1. The maximum absolute atomic E-state index is 2.37. The highest BCUT2D eigenvalue weighted by atomic mass is 15.1. The Labute approximate surface area is 335 Å². The molecule has 1 aliphatic carbocycles. The number of allylic oxidation sites excluding steroid dienone is 4. The number of hydrogen-bond donors (Lipinski definition) is 0. The minimum Gasteiger partial charge on any atom is -0.310 e. The third-order valence-electron chi connectivity index (χ3n) is 11.3. The van der Waals surface area contributed by atoms with Gasteiger partial charge in [0, 0.05) is 17.1 Å². The van der Waals surface area contributed by atoms with Gasteiger partial charge in [0.05, 0.1) is 0 Å². The van der Waals surface area contributed by atoms with Gasteiger partial charge in [0.2, 0.25) is 0 Å². The summed E-state index contributed by atoms with van der Waals surface area (Å²) >= 11 is 0. The average Bonchev–Trinajstić information content (AvgIpc) is 3.30. The van der Waals surface area contributed by atoms with Crippen molar-refractivity contribution in [1.29, 1.82) is 0 Å². The Morgan fingerprint density at radius 2 is 0.825 bits per heavy atom. The van der Waals surface area contributed by atoms with E-state index in [9.17, 15) is 0 Å². The zero-order valence-electron chi connectivity index (χ0n) is 31.7. The van der Waals surface area contributed by atoms with Gasteiger partial charge in [0.25, 0.3) is 0 Å².